The third-order valence-electron chi connectivity index (χ3n) is 2.58. The first-order valence-corrected chi connectivity index (χ1v) is 5.42. The zero-order valence-electron chi connectivity index (χ0n) is 8.84. The summed E-state index contributed by atoms with van der Waals surface area (Å²) in [5.41, 5.74) is 1.000. The molecule has 2 nitrogen and oxygen atoms in total. The first kappa shape index (κ1) is 11.2. The monoisotopic (exact) mass is 194 g/mol. The van der Waals surface area contributed by atoms with Gasteiger partial charge in [-0.25, -0.2) is 0 Å². The third kappa shape index (κ3) is 3.86. The van der Waals surface area contributed by atoms with Crippen LogP contribution in [0.1, 0.15) is 51.9 Å². The van der Waals surface area contributed by atoms with Gasteiger partial charge in [0.05, 0.1) is 0 Å². The molecule has 1 rings (SSSR count). The Morgan fingerprint density at radius 1 is 1.36 bits per heavy atom. The fourth-order valence-corrected chi connectivity index (χ4v) is 1.74. The van der Waals surface area contributed by atoms with Gasteiger partial charge in [-0.15, -0.1) is 0 Å². The molecule has 0 heterocycles. The van der Waals surface area contributed by atoms with Gasteiger partial charge >= 0.3 is 0 Å². The van der Waals surface area contributed by atoms with Crippen LogP contribution in [0.15, 0.2) is 11.6 Å². The van der Waals surface area contributed by atoms with Gasteiger partial charge in [-0.1, -0.05) is 6.08 Å². The van der Waals surface area contributed by atoms with Gasteiger partial charge in [-0.05, 0) is 44.6 Å². The van der Waals surface area contributed by atoms with Gasteiger partial charge in [0.15, 0.2) is 5.78 Å². The highest BCUT2D eigenvalue weighted by Crippen LogP contribution is 2.20. The molecule has 1 fully saturated rings. The van der Waals surface area contributed by atoms with Crippen molar-refractivity contribution in [2.45, 2.75) is 51.9 Å². The van der Waals surface area contributed by atoms with E-state index in [0.29, 0.717) is 12.2 Å². The Balaban J connectivity index is 2.28. The van der Waals surface area contributed by atoms with E-state index in [0.717, 1.165) is 44.1 Å². The van der Waals surface area contributed by atoms with Crippen LogP contribution in [0.4, 0.5) is 0 Å². The molecule has 0 saturated heterocycles. The zero-order valence-corrected chi connectivity index (χ0v) is 8.84. The lowest BCUT2D eigenvalue weighted by Gasteiger charge is -2.11. The van der Waals surface area contributed by atoms with Crippen molar-refractivity contribution in [3.05, 3.63) is 11.6 Å². The minimum atomic E-state index is 0.235. The molecule has 14 heavy (non-hydrogen) atoms. The maximum atomic E-state index is 11.4. The number of ketones is 2. The van der Waals surface area contributed by atoms with Crippen molar-refractivity contribution in [2.75, 3.05) is 0 Å². The second kappa shape index (κ2) is 5.74. The van der Waals surface area contributed by atoms with E-state index in [1.165, 1.54) is 0 Å². The van der Waals surface area contributed by atoms with Gasteiger partial charge in [0, 0.05) is 12.8 Å². The van der Waals surface area contributed by atoms with E-state index in [9.17, 15) is 9.59 Å². The highest BCUT2D eigenvalue weighted by molar-refractivity contribution is 5.95. The van der Waals surface area contributed by atoms with Gasteiger partial charge < -0.3 is 4.79 Å². The molecule has 0 bridgehead atoms. The average molecular weight is 194 g/mol. The van der Waals surface area contributed by atoms with E-state index in [4.69, 9.17) is 0 Å². The van der Waals surface area contributed by atoms with Crippen molar-refractivity contribution < 1.29 is 9.59 Å². The third-order valence-corrected chi connectivity index (χ3v) is 2.58. The van der Waals surface area contributed by atoms with Gasteiger partial charge in [0.25, 0.3) is 0 Å². The van der Waals surface area contributed by atoms with Gasteiger partial charge in [-0.3, -0.25) is 4.79 Å². The summed E-state index contributed by atoms with van der Waals surface area (Å²) >= 11 is 0. The summed E-state index contributed by atoms with van der Waals surface area (Å²) in [4.78, 5) is 22.1. The molecule has 0 atom stereocenters. The maximum absolute atomic E-state index is 11.4. The van der Waals surface area contributed by atoms with E-state index in [2.05, 4.69) is 0 Å². The number of carbonyl (C=O) groups is 2. The van der Waals surface area contributed by atoms with Crippen LogP contribution in [0.3, 0.4) is 0 Å². The molecule has 0 amide bonds. The van der Waals surface area contributed by atoms with Gasteiger partial charge in [0.2, 0.25) is 0 Å². The summed E-state index contributed by atoms with van der Waals surface area (Å²) in [6.45, 7) is 1.61. The maximum Gasteiger partial charge on any atom is 0.158 e. The topological polar surface area (TPSA) is 34.1 Å². The van der Waals surface area contributed by atoms with Crippen LogP contribution in [0.5, 0.6) is 0 Å². The van der Waals surface area contributed by atoms with E-state index < -0.39 is 0 Å². The van der Waals surface area contributed by atoms with Crippen LogP contribution >= 0.6 is 0 Å². The molecule has 1 aliphatic carbocycles. The lowest BCUT2D eigenvalue weighted by Crippen LogP contribution is -2.08. The predicted molar refractivity (Wildman–Crippen MR) is 56.1 cm³/mol. The van der Waals surface area contributed by atoms with Crippen LogP contribution in [0.2, 0.25) is 0 Å². The van der Waals surface area contributed by atoms with Gasteiger partial charge in [-0.2, -0.15) is 0 Å². The minimum absolute atomic E-state index is 0.235. The Labute approximate surface area is 85.4 Å². The van der Waals surface area contributed by atoms with E-state index in [1.807, 2.05) is 6.08 Å². The molecule has 0 unspecified atom stereocenters. The molecule has 0 aromatic carbocycles. The Bertz CT molecular complexity index is 251. The highest BCUT2D eigenvalue weighted by Gasteiger charge is 2.13. The zero-order chi connectivity index (χ0) is 10.4. The van der Waals surface area contributed by atoms with Crippen LogP contribution in [-0.2, 0) is 9.59 Å². The standard InChI is InChI=1S/C12H18O2/c1-10(13)6-2-3-7-11-8-4-5-9-12(11)14/h7H,2-6,8-9H2,1H3/b11-7-. The number of allylic oxidation sites excluding steroid dienone is 2. The second-order valence-electron chi connectivity index (χ2n) is 3.95. The Morgan fingerprint density at radius 2 is 2.07 bits per heavy atom. The van der Waals surface area contributed by atoms with Crippen molar-refractivity contribution >= 4 is 11.6 Å². The Morgan fingerprint density at radius 3 is 2.71 bits per heavy atom. The van der Waals surface area contributed by atoms with Crippen molar-refractivity contribution in [1.82, 2.24) is 0 Å². The number of carbonyl (C=O) groups excluding carboxylic acids is 2. The van der Waals surface area contributed by atoms with E-state index in [-0.39, 0.29) is 5.78 Å². The summed E-state index contributed by atoms with van der Waals surface area (Å²) in [5.74, 6) is 0.553. The number of hydrogen-bond donors (Lipinski definition) is 0. The fourth-order valence-electron chi connectivity index (χ4n) is 1.74. The van der Waals surface area contributed by atoms with Crippen molar-refractivity contribution in [3.8, 4) is 0 Å². The summed E-state index contributed by atoms with van der Waals surface area (Å²) in [6, 6.07) is 0. The smallest absolute Gasteiger partial charge is 0.158 e. The fraction of sp³-hybridized carbons (Fsp3) is 0.667. The van der Waals surface area contributed by atoms with Crippen molar-refractivity contribution in [1.29, 1.82) is 0 Å². The molecule has 1 saturated carbocycles. The summed E-state index contributed by atoms with van der Waals surface area (Å²) in [5, 5.41) is 0. The van der Waals surface area contributed by atoms with Crippen molar-refractivity contribution in [2.24, 2.45) is 0 Å². The van der Waals surface area contributed by atoms with E-state index >= 15 is 0 Å². The predicted octanol–water partition coefficient (Wildman–Crippen LogP) is 2.82. The number of unbranched alkanes of at least 4 members (excludes halogenated alkanes) is 1. The van der Waals surface area contributed by atoms with Crippen LogP contribution < -0.4 is 0 Å². The van der Waals surface area contributed by atoms with E-state index in [1.54, 1.807) is 6.92 Å². The molecule has 0 N–H and O–H groups in total. The largest absolute Gasteiger partial charge is 0.300 e. The normalized spacial score (nSPS) is 20.1. The number of Topliss-reactive ketones (excluding diaryl/α,β-unsaturated/α-hetero) is 2. The summed E-state index contributed by atoms with van der Waals surface area (Å²) in [7, 11) is 0. The number of rotatable bonds is 4. The van der Waals surface area contributed by atoms with Crippen LogP contribution in [-0.4, -0.2) is 11.6 Å². The molecule has 0 aromatic rings. The molecule has 0 spiro atoms. The summed E-state index contributed by atoms with van der Waals surface area (Å²) in [6.07, 6.45) is 8.28. The molecular weight excluding hydrogens is 176 g/mol. The quantitative estimate of drug-likeness (QED) is 0.509. The molecule has 0 aromatic heterocycles. The molecule has 2 heteroatoms. The van der Waals surface area contributed by atoms with Crippen LogP contribution in [0.25, 0.3) is 0 Å². The Hall–Kier alpha value is -0.920. The average Bonchev–Trinajstić information content (AvgIpc) is 2.15. The Kier molecular flexibility index (Phi) is 4.57. The highest BCUT2D eigenvalue weighted by atomic mass is 16.1. The summed E-state index contributed by atoms with van der Waals surface area (Å²) < 4.78 is 0. The number of hydrogen-bond acceptors (Lipinski definition) is 2. The molecule has 78 valence electrons. The first-order valence-electron chi connectivity index (χ1n) is 5.42. The van der Waals surface area contributed by atoms with Crippen LogP contribution in [0, 0.1) is 0 Å². The lowest BCUT2D eigenvalue weighted by molar-refractivity contribution is -0.117. The SMILES string of the molecule is CC(=O)CCC/C=C1/CCCCC1=O. The molecule has 0 radical (unpaired) electrons. The van der Waals surface area contributed by atoms with Gasteiger partial charge in [0.1, 0.15) is 5.78 Å². The first-order chi connectivity index (χ1) is 6.70. The molecular formula is C12H18O2. The van der Waals surface area contributed by atoms with Crippen molar-refractivity contribution in [3.63, 3.8) is 0 Å². The molecule has 1 aliphatic rings. The molecule has 0 aliphatic heterocycles. The minimum Gasteiger partial charge on any atom is -0.300 e. The lowest BCUT2D eigenvalue weighted by atomic mass is 9.92. The second-order valence-corrected chi connectivity index (χ2v) is 3.95.